The number of hydrogen-bond acceptors (Lipinski definition) is 3. The van der Waals surface area contributed by atoms with Crippen molar-refractivity contribution in [2.24, 2.45) is 0 Å². The van der Waals surface area contributed by atoms with Crippen LogP contribution in [-0.4, -0.2) is 34.3 Å². The Bertz CT molecular complexity index is 144. The largest absolute Gasteiger partial charge is 0.332 e. The van der Waals surface area contributed by atoms with Crippen LogP contribution < -0.4 is 0 Å². The fraction of sp³-hybridized carbons (Fsp3) is 1.00. The number of rotatable bonds is 9. The lowest BCUT2D eigenvalue weighted by Gasteiger charge is -2.17. The highest BCUT2D eigenvalue weighted by Crippen LogP contribution is 2.41. The van der Waals surface area contributed by atoms with Gasteiger partial charge in [0.15, 0.2) is 0 Å². The SMILES string of the molecule is ClC(Cl)COP(OCC(Cl)Cl)OCC(Cl)Cl. The summed E-state index contributed by atoms with van der Waals surface area (Å²) in [5.41, 5.74) is 0. The van der Waals surface area contributed by atoms with Crippen LogP contribution in [0, 0.1) is 0 Å². The molecule has 0 unspecified atom stereocenters. The van der Waals surface area contributed by atoms with Gasteiger partial charge in [-0.3, -0.25) is 0 Å². The van der Waals surface area contributed by atoms with E-state index in [0.29, 0.717) is 0 Å². The van der Waals surface area contributed by atoms with Crippen LogP contribution in [0.25, 0.3) is 0 Å². The van der Waals surface area contributed by atoms with E-state index in [1.807, 2.05) is 0 Å². The highest BCUT2D eigenvalue weighted by Gasteiger charge is 2.17. The van der Waals surface area contributed by atoms with Crippen molar-refractivity contribution in [3.8, 4) is 0 Å². The van der Waals surface area contributed by atoms with Gasteiger partial charge in [-0.1, -0.05) is 0 Å². The molecule has 16 heavy (non-hydrogen) atoms. The Balaban J connectivity index is 3.85. The second-order valence-corrected chi connectivity index (χ2v) is 7.34. The Hall–Kier alpha value is 2.05. The normalized spacial score (nSPS) is 12.4. The molecule has 10 heteroatoms. The van der Waals surface area contributed by atoms with Crippen molar-refractivity contribution in [2.75, 3.05) is 19.8 Å². The van der Waals surface area contributed by atoms with Crippen LogP contribution in [0.3, 0.4) is 0 Å². The van der Waals surface area contributed by atoms with Crippen molar-refractivity contribution in [3.63, 3.8) is 0 Å². The van der Waals surface area contributed by atoms with Crippen molar-refractivity contribution in [1.82, 2.24) is 0 Å². The molecule has 0 amide bonds. The van der Waals surface area contributed by atoms with Crippen molar-refractivity contribution < 1.29 is 13.6 Å². The Morgan fingerprint density at radius 1 is 0.625 bits per heavy atom. The minimum Gasteiger partial charge on any atom is -0.309 e. The predicted octanol–water partition coefficient (Wildman–Crippen LogP) is 4.67. The smallest absolute Gasteiger partial charge is 0.309 e. The zero-order valence-corrected chi connectivity index (χ0v) is 13.2. The van der Waals surface area contributed by atoms with Crippen LogP contribution in [0.1, 0.15) is 0 Å². The second-order valence-electron chi connectivity index (χ2n) is 2.28. The van der Waals surface area contributed by atoms with Crippen LogP contribution in [0.2, 0.25) is 0 Å². The van der Waals surface area contributed by atoms with Crippen molar-refractivity contribution in [2.45, 2.75) is 14.5 Å². The van der Waals surface area contributed by atoms with Gasteiger partial charge in [0.05, 0.1) is 19.8 Å². The minimum absolute atomic E-state index is 0.0549. The molecular weight excluding hydrogens is 364 g/mol. The summed E-state index contributed by atoms with van der Waals surface area (Å²) < 4.78 is 15.4. The molecule has 3 nitrogen and oxygen atoms in total. The molecule has 0 aromatic carbocycles. The molecule has 0 spiro atoms. The van der Waals surface area contributed by atoms with Crippen LogP contribution in [0.15, 0.2) is 0 Å². The molecule has 0 saturated carbocycles. The lowest BCUT2D eigenvalue weighted by molar-refractivity contribution is 0.172. The first-order chi connectivity index (χ1) is 7.41. The summed E-state index contributed by atoms with van der Waals surface area (Å²) in [7, 11) is -1.66. The van der Waals surface area contributed by atoms with Gasteiger partial charge in [0, 0.05) is 0 Å². The van der Waals surface area contributed by atoms with Gasteiger partial charge in [-0.05, 0) is 0 Å². The number of halogens is 6. The Morgan fingerprint density at radius 2 is 0.875 bits per heavy atom. The molecule has 0 aliphatic heterocycles. The van der Waals surface area contributed by atoms with Crippen LogP contribution in [-0.2, 0) is 13.6 Å². The third kappa shape index (κ3) is 12.5. The van der Waals surface area contributed by atoms with Gasteiger partial charge in [0.25, 0.3) is 0 Å². The fourth-order valence-corrected chi connectivity index (χ4v) is 2.40. The number of alkyl halides is 6. The van der Waals surface area contributed by atoms with Gasteiger partial charge in [-0.25, -0.2) is 0 Å². The molecule has 0 radical (unpaired) electrons. The summed E-state index contributed by atoms with van der Waals surface area (Å²) in [6.45, 7) is 0.165. The van der Waals surface area contributed by atoms with Gasteiger partial charge >= 0.3 is 8.60 Å². The zero-order valence-electron chi connectivity index (χ0n) is 7.79. The molecule has 0 aromatic rings. The molecule has 98 valence electrons. The second kappa shape index (κ2) is 10.9. The van der Waals surface area contributed by atoms with E-state index >= 15 is 0 Å². The minimum atomic E-state index is -1.66. The molecule has 0 atom stereocenters. The first-order valence-electron chi connectivity index (χ1n) is 3.95. The Morgan fingerprint density at radius 3 is 1.06 bits per heavy atom. The Kier molecular flexibility index (Phi) is 12.3. The summed E-state index contributed by atoms with van der Waals surface area (Å²) in [5, 5.41) is 0. The van der Waals surface area contributed by atoms with Crippen molar-refractivity contribution >= 4 is 78.2 Å². The molecule has 0 saturated heterocycles. The predicted molar refractivity (Wildman–Crippen MR) is 71.3 cm³/mol. The van der Waals surface area contributed by atoms with E-state index in [4.69, 9.17) is 83.2 Å². The molecule has 0 rings (SSSR count). The molecular formula is C6H9Cl6O3P. The maximum Gasteiger partial charge on any atom is 0.332 e. The van der Waals surface area contributed by atoms with Gasteiger partial charge < -0.3 is 13.6 Å². The summed E-state index contributed by atoms with van der Waals surface area (Å²) in [6.07, 6.45) is 0. The van der Waals surface area contributed by atoms with E-state index in [-0.39, 0.29) is 19.8 Å². The lowest BCUT2D eigenvalue weighted by atomic mass is 10.9. The third-order valence-electron chi connectivity index (χ3n) is 0.918. The highest BCUT2D eigenvalue weighted by atomic mass is 35.5. The summed E-state index contributed by atoms with van der Waals surface area (Å²) in [5.74, 6) is 0. The van der Waals surface area contributed by atoms with Gasteiger partial charge in [0.1, 0.15) is 14.5 Å². The molecule has 0 aromatic heterocycles. The first kappa shape index (κ1) is 18.0. The molecule has 0 N–H and O–H groups in total. The zero-order chi connectivity index (χ0) is 12.6. The van der Waals surface area contributed by atoms with E-state index in [1.54, 1.807) is 0 Å². The molecule has 0 aliphatic rings. The third-order valence-corrected chi connectivity index (χ3v) is 2.75. The highest BCUT2D eigenvalue weighted by molar-refractivity contribution is 7.41. The molecule has 0 aliphatic carbocycles. The summed E-state index contributed by atoms with van der Waals surface area (Å²) in [6, 6.07) is 0. The Labute approximate surface area is 125 Å². The van der Waals surface area contributed by atoms with Crippen molar-refractivity contribution in [3.05, 3.63) is 0 Å². The average molecular weight is 373 g/mol. The monoisotopic (exact) mass is 370 g/mol. The summed E-state index contributed by atoms with van der Waals surface area (Å²) in [4.78, 5) is -2.03. The maximum atomic E-state index is 5.48. The topological polar surface area (TPSA) is 27.7 Å². The maximum absolute atomic E-state index is 5.48. The lowest BCUT2D eigenvalue weighted by Crippen LogP contribution is -2.08. The first-order valence-corrected chi connectivity index (χ1v) is 7.66. The quantitative estimate of drug-likeness (QED) is 0.434. The molecule has 0 fully saturated rings. The van der Waals surface area contributed by atoms with Crippen molar-refractivity contribution in [1.29, 1.82) is 0 Å². The number of hydrogen-bond donors (Lipinski definition) is 0. The average Bonchev–Trinajstić information content (AvgIpc) is 2.15. The van der Waals surface area contributed by atoms with E-state index in [2.05, 4.69) is 0 Å². The van der Waals surface area contributed by atoms with E-state index in [0.717, 1.165) is 0 Å². The molecule has 0 bridgehead atoms. The standard InChI is InChI=1S/C6H9Cl6O3P/c7-4(8)1-13-16(14-2-5(9)10)15-3-6(11)12/h4-6H,1-3H2. The van der Waals surface area contributed by atoms with E-state index in [9.17, 15) is 0 Å². The fourth-order valence-electron chi connectivity index (χ4n) is 0.463. The van der Waals surface area contributed by atoms with Crippen LogP contribution in [0.5, 0.6) is 0 Å². The summed E-state index contributed by atoms with van der Waals surface area (Å²) >= 11 is 32.9. The van der Waals surface area contributed by atoms with Gasteiger partial charge in [0.2, 0.25) is 0 Å². The van der Waals surface area contributed by atoms with Crippen LogP contribution >= 0.6 is 78.2 Å². The van der Waals surface area contributed by atoms with E-state index in [1.165, 1.54) is 0 Å². The van der Waals surface area contributed by atoms with E-state index < -0.39 is 23.1 Å². The van der Waals surface area contributed by atoms with Gasteiger partial charge in [-0.2, -0.15) is 0 Å². The molecule has 0 heterocycles. The van der Waals surface area contributed by atoms with Gasteiger partial charge in [-0.15, -0.1) is 69.6 Å². The van der Waals surface area contributed by atoms with Crippen LogP contribution in [0.4, 0.5) is 0 Å².